The molecule has 0 aliphatic heterocycles. The highest BCUT2D eigenvalue weighted by Crippen LogP contribution is 2.43. The minimum Gasteiger partial charge on any atom is -0.480 e. The van der Waals surface area contributed by atoms with Gasteiger partial charge in [-0.3, -0.25) is 18.6 Å². The van der Waals surface area contributed by atoms with Gasteiger partial charge in [0.25, 0.3) is 0 Å². The summed E-state index contributed by atoms with van der Waals surface area (Å²) in [5, 5.41) is 8.92. The van der Waals surface area contributed by atoms with E-state index in [0.29, 0.717) is 13.0 Å². The highest BCUT2D eigenvalue weighted by Gasteiger charge is 2.27. The molecule has 4 N–H and O–H groups in total. The number of carbonyl (C=O) groups is 2. The number of ether oxygens (including phenoxy) is 2. The third-order valence-electron chi connectivity index (χ3n) is 10.7. The molecular weight excluding hydrogens is 766 g/mol. The highest BCUT2D eigenvalue weighted by atomic mass is 31.2. The lowest BCUT2D eigenvalue weighted by Gasteiger charge is -2.20. The van der Waals surface area contributed by atoms with Gasteiger partial charge >= 0.3 is 19.8 Å². The normalized spacial score (nSPS) is 14.0. The number of unbranched alkanes of at least 4 members (excludes halogenated alkanes) is 29. The first-order chi connectivity index (χ1) is 28.7. The number of nitrogens with two attached hydrogens (primary N) is 1. The first kappa shape index (κ1) is 57.4. The fourth-order valence-corrected chi connectivity index (χ4v) is 7.67. The molecule has 59 heavy (non-hydrogen) atoms. The molecule has 0 saturated heterocycles. The van der Waals surface area contributed by atoms with Gasteiger partial charge in [-0.2, -0.15) is 0 Å². The molecule has 0 rings (SSSR count). The first-order valence-electron chi connectivity index (χ1n) is 24.4. The van der Waals surface area contributed by atoms with E-state index in [-0.39, 0.29) is 13.0 Å². The molecule has 0 aromatic rings. The summed E-state index contributed by atoms with van der Waals surface area (Å²) in [6.45, 7) is 3.90. The lowest BCUT2D eigenvalue weighted by atomic mass is 10.1. The predicted octanol–water partition coefficient (Wildman–Crippen LogP) is 13.9. The van der Waals surface area contributed by atoms with Crippen molar-refractivity contribution in [3.05, 3.63) is 24.3 Å². The van der Waals surface area contributed by atoms with Crippen LogP contribution in [-0.4, -0.2) is 60.5 Å². The van der Waals surface area contributed by atoms with Gasteiger partial charge in [0.2, 0.25) is 0 Å². The molecule has 11 heteroatoms. The van der Waals surface area contributed by atoms with E-state index in [9.17, 15) is 19.0 Å². The molecule has 0 amide bonds. The van der Waals surface area contributed by atoms with Crippen molar-refractivity contribution >= 4 is 19.8 Å². The van der Waals surface area contributed by atoms with Gasteiger partial charge in [0.1, 0.15) is 12.1 Å². The maximum absolute atomic E-state index is 12.7. The van der Waals surface area contributed by atoms with Crippen LogP contribution in [-0.2, 0) is 32.7 Å². The van der Waals surface area contributed by atoms with Crippen molar-refractivity contribution in [3.8, 4) is 0 Å². The molecule has 0 radical (unpaired) electrons. The number of rotatable bonds is 47. The molecule has 3 unspecified atom stereocenters. The number of carbonyl (C=O) groups excluding carboxylic acids is 1. The summed E-state index contributed by atoms with van der Waals surface area (Å²) in [6.07, 6.45) is 49.4. The van der Waals surface area contributed by atoms with Gasteiger partial charge in [0, 0.05) is 13.0 Å². The van der Waals surface area contributed by atoms with Crippen LogP contribution in [0.4, 0.5) is 0 Å². The highest BCUT2D eigenvalue weighted by molar-refractivity contribution is 7.47. The van der Waals surface area contributed by atoms with Crippen LogP contribution in [0.3, 0.4) is 0 Å². The second-order valence-electron chi connectivity index (χ2n) is 16.6. The van der Waals surface area contributed by atoms with E-state index in [1.807, 2.05) is 0 Å². The molecule has 0 aromatic carbocycles. The molecule has 3 atom stereocenters. The van der Waals surface area contributed by atoms with Crippen LogP contribution in [0.2, 0.25) is 0 Å². The van der Waals surface area contributed by atoms with Crippen molar-refractivity contribution in [2.45, 2.75) is 244 Å². The van der Waals surface area contributed by atoms with E-state index >= 15 is 0 Å². The number of carboxylic acids is 1. The summed E-state index contributed by atoms with van der Waals surface area (Å²) in [7, 11) is -4.62. The molecule has 0 spiro atoms. The van der Waals surface area contributed by atoms with Gasteiger partial charge in [0.15, 0.2) is 0 Å². The Hall–Kier alpha value is -1.55. The molecule has 0 aliphatic carbocycles. The van der Waals surface area contributed by atoms with Crippen LogP contribution in [0.25, 0.3) is 0 Å². The van der Waals surface area contributed by atoms with Crippen molar-refractivity contribution in [1.29, 1.82) is 0 Å². The fourth-order valence-electron chi connectivity index (χ4n) is 6.89. The van der Waals surface area contributed by atoms with Crippen molar-refractivity contribution in [1.82, 2.24) is 0 Å². The van der Waals surface area contributed by atoms with E-state index in [1.54, 1.807) is 0 Å². The number of allylic oxidation sites excluding steroid dienone is 4. The third-order valence-corrected chi connectivity index (χ3v) is 11.7. The fraction of sp³-hybridized carbons (Fsp3) is 0.875. The Morgan fingerprint density at radius 3 is 1.29 bits per heavy atom. The number of esters is 1. The average molecular weight is 858 g/mol. The maximum atomic E-state index is 12.7. The number of hydrogen-bond donors (Lipinski definition) is 3. The summed E-state index contributed by atoms with van der Waals surface area (Å²) >= 11 is 0. The Labute approximate surface area is 362 Å². The predicted molar refractivity (Wildman–Crippen MR) is 245 cm³/mol. The summed E-state index contributed by atoms with van der Waals surface area (Å²) in [5.74, 6) is -1.77. The zero-order valence-corrected chi connectivity index (χ0v) is 39.0. The Balaban J connectivity index is 4.16. The second kappa shape index (κ2) is 44.5. The van der Waals surface area contributed by atoms with Crippen LogP contribution in [0, 0.1) is 0 Å². The van der Waals surface area contributed by atoms with Crippen LogP contribution < -0.4 is 5.73 Å². The first-order valence-corrected chi connectivity index (χ1v) is 25.9. The van der Waals surface area contributed by atoms with Gasteiger partial charge in [-0.1, -0.05) is 186 Å². The van der Waals surface area contributed by atoms with Crippen molar-refractivity contribution in [3.63, 3.8) is 0 Å². The van der Waals surface area contributed by atoms with E-state index in [1.165, 1.54) is 167 Å². The van der Waals surface area contributed by atoms with Crippen molar-refractivity contribution in [2.75, 3.05) is 26.4 Å². The zero-order valence-electron chi connectivity index (χ0n) is 38.1. The molecule has 0 aliphatic rings. The molecule has 348 valence electrons. The average Bonchev–Trinajstić information content (AvgIpc) is 3.21. The number of hydrogen-bond acceptors (Lipinski definition) is 8. The van der Waals surface area contributed by atoms with Crippen LogP contribution in [0.1, 0.15) is 232 Å². The molecule has 0 aromatic heterocycles. The number of phosphoric ester groups is 1. The van der Waals surface area contributed by atoms with Gasteiger partial charge < -0.3 is 25.2 Å². The summed E-state index contributed by atoms with van der Waals surface area (Å²) < 4.78 is 33.5. The SMILES string of the molecule is CCCCCCCC/C=C\CCCCCCCCCCCC(=O)OC(COCCCCCCCCCC/C=C\CCCCCCCC)COP(=O)(O)OCC(N)C(=O)O. The van der Waals surface area contributed by atoms with Gasteiger partial charge in [-0.15, -0.1) is 0 Å². The Morgan fingerprint density at radius 1 is 0.525 bits per heavy atom. The van der Waals surface area contributed by atoms with Gasteiger partial charge in [-0.05, 0) is 64.2 Å². The van der Waals surface area contributed by atoms with E-state index < -0.39 is 45.1 Å². The molecular formula is C48H92NO9P. The van der Waals surface area contributed by atoms with Crippen molar-refractivity contribution < 1.29 is 42.7 Å². The summed E-state index contributed by atoms with van der Waals surface area (Å²) in [4.78, 5) is 33.6. The lowest BCUT2D eigenvalue weighted by Crippen LogP contribution is -2.34. The van der Waals surface area contributed by atoms with Crippen LogP contribution >= 0.6 is 7.82 Å². The minimum atomic E-state index is -4.62. The number of phosphoric acid groups is 1. The molecule has 0 saturated carbocycles. The third kappa shape index (κ3) is 44.3. The molecule has 10 nitrogen and oxygen atoms in total. The molecule has 0 bridgehead atoms. The topological polar surface area (TPSA) is 155 Å². The van der Waals surface area contributed by atoms with Crippen LogP contribution in [0.5, 0.6) is 0 Å². The summed E-state index contributed by atoms with van der Waals surface area (Å²) in [5.41, 5.74) is 5.37. The van der Waals surface area contributed by atoms with Crippen LogP contribution in [0.15, 0.2) is 24.3 Å². The van der Waals surface area contributed by atoms with Gasteiger partial charge in [-0.25, -0.2) is 4.57 Å². The Morgan fingerprint density at radius 2 is 0.881 bits per heavy atom. The quantitative estimate of drug-likeness (QED) is 0.0233. The monoisotopic (exact) mass is 858 g/mol. The Bertz CT molecular complexity index is 1040. The van der Waals surface area contributed by atoms with Crippen molar-refractivity contribution in [2.24, 2.45) is 5.73 Å². The maximum Gasteiger partial charge on any atom is 0.472 e. The molecule has 0 heterocycles. The van der Waals surface area contributed by atoms with E-state index in [4.69, 9.17) is 29.4 Å². The van der Waals surface area contributed by atoms with E-state index in [2.05, 4.69) is 38.2 Å². The summed E-state index contributed by atoms with van der Waals surface area (Å²) in [6, 6.07) is -1.47. The van der Waals surface area contributed by atoms with E-state index in [0.717, 1.165) is 38.5 Å². The Kier molecular flexibility index (Phi) is 43.3. The minimum absolute atomic E-state index is 0.0171. The largest absolute Gasteiger partial charge is 0.480 e. The number of carboxylic acid groups (broad SMARTS) is 1. The van der Waals surface area contributed by atoms with Gasteiger partial charge in [0.05, 0.1) is 19.8 Å². The second-order valence-corrected chi connectivity index (χ2v) is 18.0. The zero-order chi connectivity index (χ0) is 43.3. The molecule has 0 fully saturated rings. The lowest BCUT2D eigenvalue weighted by molar-refractivity contribution is -0.154. The standard InChI is InChI=1S/C48H92NO9P/c1-3-5-7-9-11-13-15-17-19-21-23-24-26-28-30-32-34-36-38-40-47(50)58-45(43-56-59(53,54)57-44-46(49)48(51)52)42-55-41-39-37-35-33-31-29-27-25-22-20-18-16-14-12-10-8-6-4-2/h17-20,45-46H,3-16,21-44,49H2,1-2H3,(H,51,52)(H,53,54)/b19-17-,20-18-. The number of aliphatic carboxylic acids is 1. The smallest absolute Gasteiger partial charge is 0.472 e.